The summed E-state index contributed by atoms with van der Waals surface area (Å²) >= 11 is 0. The fraction of sp³-hybridized carbons (Fsp3) is 0.133. The number of hydrogen-bond donors (Lipinski definition) is 1. The van der Waals surface area contributed by atoms with Crippen LogP contribution in [0.4, 0.5) is 0 Å². The van der Waals surface area contributed by atoms with E-state index in [1.807, 2.05) is 25.1 Å². The SMILES string of the molecule is CCOc1cccc2[nH]cc(C(=O)c3ccoc3)c12. The van der Waals surface area contributed by atoms with Crippen LogP contribution >= 0.6 is 0 Å². The Morgan fingerprint density at radius 3 is 3.00 bits per heavy atom. The van der Waals surface area contributed by atoms with E-state index in [0.717, 1.165) is 10.9 Å². The molecule has 3 rings (SSSR count). The number of carbonyl (C=O) groups is 1. The zero-order valence-electron chi connectivity index (χ0n) is 10.5. The van der Waals surface area contributed by atoms with Gasteiger partial charge in [-0.05, 0) is 25.1 Å². The fourth-order valence-corrected chi connectivity index (χ4v) is 2.16. The molecule has 19 heavy (non-hydrogen) atoms. The van der Waals surface area contributed by atoms with Gasteiger partial charge in [-0.2, -0.15) is 0 Å². The molecule has 0 amide bonds. The summed E-state index contributed by atoms with van der Waals surface area (Å²) in [5.41, 5.74) is 2.02. The zero-order valence-corrected chi connectivity index (χ0v) is 10.5. The second-order valence-corrected chi connectivity index (χ2v) is 4.16. The van der Waals surface area contributed by atoms with Gasteiger partial charge in [0.1, 0.15) is 12.0 Å². The lowest BCUT2D eigenvalue weighted by Gasteiger charge is -2.05. The summed E-state index contributed by atoms with van der Waals surface area (Å²) in [4.78, 5) is 15.5. The summed E-state index contributed by atoms with van der Waals surface area (Å²) in [7, 11) is 0. The molecule has 0 atom stereocenters. The van der Waals surface area contributed by atoms with Crippen LogP contribution in [0.15, 0.2) is 47.4 Å². The second-order valence-electron chi connectivity index (χ2n) is 4.16. The van der Waals surface area contributed by atoms with E-state index in [2.05, 4.69) is 4.98 Å². The third-order valence-electron chi connectivity index (χ3n) is 3.00. The molecule has 1 N–H and O–H groups in total. The Morgan fingerprint density at radius 1 is 1.37 bits per heavy atom. The van der Waals surface area contributed by atoms with Crippen LogP contribution in [-0.4, -0.2) is 17.4 Å². The Balaban J connectivity index is 2.16. The number of fused-ring (bicyclic) bond motifs is 1. The van der Waals surface area contributed by atoms with E-state index in [4.69, 9.17) is 9.15 Å². The van der Waals surface area contributed by atoms with Crippen LogP contribution in [0, 0.1) is 0 Å². The number of aromatic amines is 1. The molecule has 4 nitrogen and oxygen atoms in total. The lowest BCUT2D eigenvalue weighted by molar-refractivity contribution is 0.103. The highest BCUT2D eigenvalue weighted by molar-refractivity contribution is 6.17. The number of carbonyl (C=O) groups excluding carboxylic acids is 1. The van der Waals surface area contributed by atoms with Crippen molar-refractivity contribution >= 4 is 16.7 Å². The maximum absolute atomic E-state index is 12.4. The van der Waals surface area contributed by atoms with Gasteiger partial charge >= 0.3 is 0 Å². The molecule has 0 saturated heterocycles. The molecule has 0 aliphatic carbocycles. The highest BCUT2D eigenvalue weighted by Gasteiger charge is 2.17. The summed E-state index contributed by atoms with van der Waals surface area (Å²) < 4.78 is 10.6. The largest absolute Gasteiger partial charge is 0.493 e. The van der Waals surface area contributed by atoms with Crippen molar-refractivity contribution in [2.75, 3.05) is 6.61 Å². The summed E-state index contributed by atoms with van der Waals surface area (Å²) in [5.74, 6) is 0.639. The second kappa shape index (κ2) is 4.65. The Bertz CT molecular complexity index is 710. The first kappa shape index (κ1) is 11.6. The summed E-state index contributed by atoms with van der Waals surface area (Å²) in [6, 6.07) is 7.34. The van der Waals surface area contributed by atoms with Gasteiger partial charge in [-0.25, -0.2) is 0 Å². The van der Waals surface area contributed by atoms with E-state index >= 15 is 0 Å². The van der Waals surface area contributed by atoms with Gasteiger partial charge in [0.2, 0.25) is 0 Å². The highest BCUT2D eigenvalue weighted by Crippen LogP contribution is 2.30. The average Bonchev–Trinajstić information content (AvgIpc) is 3.08. The number of rotatable bonds is 4. The van der Waals surface area contributed by atoms with Crippen molar-refractivity contribution < 1.29 is 13.9 Å². The standard InChI is InChI=1S/C15H13NO3/c1-2-19-13-5-3-4-12-14(13)11(8-16-12)15(17)10-6-7-18-9-10/h3-9,16H,2H2,1H3. The molecule has 0 aliphatic rings. The van der Waals surface area contributed by atoms with Gasteiger partial charge in [0.25, 0.3) is 0 Å². The third-order valence-corrected chi connectivity index (χ3v) is 3.00. The molecular formula is C15H13NO3. The van der Waals surface area contributed by atoms with Crippen LogP contribution in [-0.2, 0) is 0 Å². The van der Waals surface area contributed by atoms with Crippen molar-refractivity contribution in [2.45, 2.75) is 6.92 Å². The lowest BCUT2D eigenvalue weighted by Crippen LogP contribution is -2.00. The van der Waals surface area contributed by atoms with Crippen molar-refractivity contribution in [3.63, 3.8) is 0 Å². The smallest absolute Gasteiger partial charge is 0.198 e. The Labute approximate surface area is 110 Å². The molecule has 0 spiro atoms. The van der Waals surface area contributed by atoms with E-state index in [9.17, 15) is 4.79 Å². The summed E-state index contributed by atoms with van der Waals surface area (Å²) in [6.07, 6.45) is 4.65. The van der Waals surface area contributed by atoms with E-state index in [0.29, 0.717) is 23.5 Å². The van der Waals surface area contributed by atoms with Gasteiger partial charge in [0, 0.05) is 11.7 Å². The number of ether oxygens (including phenoxy) is 1. The Morgan fingerprint density at radius 2 is 2.26 bits per heavy atom. The first-order chi connectivity index (χ1) is 9.31. The molecular weight excluding hydrogens is 242 g/mol. The molecule has 0 bridgehead atoms. The van der Waals surface area contributed by atoms with Crippen molar-refractivity contribution in [1.29, 1.82) is 0 Å². The first-order valence-corrected chi connectivity index (χ1v) is 6.11. The number of aromatic nitrogens is 1. The van der Waals surface area contributed by atoms with Gasteiger partial charge < -0.3 is 14.1 Å². The number of benzene rings is 1. The van der Waals surface area contributed by atoms with Crippen LogP contribution in [0.2, 0.25) is 0 Å². The molecule has 0 saturated carbocycles. The molecule has 2 heterocycles. The number of nitrogens with one attached hydrogen (secondary N) is 1. The lowest BCUT2D eigenvalue weighted by atomic mass is 10.0. The van der Waals surface area contributed by atoms with E-state index < -0.39 is 0 Å². The van der Waals surface area contributed by atoms with Crippen molar-refractivity contribution in [2.24, 2.45) is 0 Å². The molecule has 3 aromatic rings. The van der Waals surface area contributed by atoms with Crippen LogP contribution in [0.5, 0.6) is 5.75 Å². The monoisotopic (exact) mass is 255 g/mol. The quantitative estimate of drug-likeness (QED) is 0.727. The number of ketones is 1. The molecule has 4 heteroatoms. The van der Waals surface area contributed by atoms with Gasteiger partial charge in [-0.1, -0.05) is 6.07 Å². The van der Waals surface area contributed by atoms with Crippen molar-refractivity contribution in [1.82, 2.24) is 4.98 Å². The Hall–Kier alpha value is -2.49. The van der Waals surface area contributed by atoms with Crippen LogP contribution in [0.3, 0.4) is 0 Å². The third kappa shape index (κ3) is 1.91. The van der Waals surface area contributed by atoms with Crippen molar-refractivity contribution in [3.05, 3.63) is 54.1 Å². The normalized spacial score (nSPS) is 10.8. The predicted octanol–water partition coefficient (Wildman–Crippen LogP) is 3.39. The van der Waals surface area contributed by atoms with E-state index in [1.54, 1.807) is 12.3 Å². The minimum absolute atomic E-state index is 0.0767. The first-order valence-electron chi connectivity index (χ1n) is 6.11. The van der Waals surface area contributed by atoms with E-state index in [1.165, 1.54) is 12.5 Å². The molecule has 2 aromatic heterocycles. The molecule has 0 fully saturated rings. The van der Waals surface area contributed by atoms with Crippen molar-refractivity contribution in [3.8, 4) is 5.75 Å². The van der Waals surface area contributed by atoms with Gasteiger partial charge in [0.15, 0.2) is 5.78 Å². The number of furan rings is 1. The summed E-state index contributed by atoms with van der Waals surface area (Å²) in [6.45, 7) is 2.48. The fourth-order valence-electron chi connectivity index (χ4n) is 2.16. The Kier molecular flexibility index (Phi) is 2.83. The van der Waals surface area contributed by atoms with Crippen LogP contribution < -0.4 is 4.74 Å². The van der Waals surface area contributed by atoms with Gasteiger partial charge in [0.05, 0.1) is 29.4 Å². The average molecular weight is 255 g/mol. The predicted molar refractivity (Wildman–Crippen MR) is 71.6 cm³/mol. The topological polar surface area (TPSA) is 55.2 Å². The zero-order chi connectivity index (χ0) is 13.2. The molecule has 1 aromatic carbocycles. The maximum atomic E-state index is 12.4. The minimum Gasteiger partial charge on any atom is -0.493 e. The van der Waals surface area contributed by atoms with E-state index in [-0.39, 0.29) is 5.78 Å². The maximum Gasteiger partial charge on any atom is 0.198 e. The minimum atomic E-state index is -0.0767. The molecule has 0 unspecified atom stereocenters. The van der Waals surface area contributed by atoms with Crippen LogP contribution in [0.1, 0.15) is 22.8 Å². The number of H-pyrrole nitrogens is 1. The van der Waals surface area contributed by atoms with Gasteiger partial charge in [-0.15, -0.1) is 0 Å². The number of hydrogen-bond acceptors (Lipinski definition) is 3. The molecule has 96 valence electrons. The van der Waals surface area contributed by atoms with Gasteiger partial charge in [-0.3, -0.25) is 4.79 Å². The molecule has 0 aliphatic heterocycles. The van der Waals surface area contributed by atoms with Crippen LogP contribution in [0.25, 0.3) is 10.9 Å². The highest BCUT2D eigenvalue weighted by atomic mass is 16.5. The summed E-state index contributed by atoms with van der Waals surface area (Å²) in [5, 5.41) is 0.815. The molecule has 0 radical (unpaired) electrons.